The molecule has 2 aromatic heterocycles. The van der Waals surface area contributed by atoms with Crippen LogP contribution in [0.25, 0.3) is 0 Å². The number of H-pyrrole nitrogens is 1. The molecule has 2 fully saturated rings. The minimum Gasteiger partial charge on any atom is -0.870 e. The number of carbonyl (C=O) groups excluding carboxylic acids is 2. The van der Waals surface area contributed by atoms with E-state index in [1.54, 1.807) is 60.9 Å². The van der Waals surface area contributed by atoms with Crippen molar-refractivity contribution in [1.82, 2.24) is 4.90 Å². The van der Waals surface area contributed by atoms with Gasteiger partial charge in [-0.05, 0) is 61.9 Å². The lowest BCUT2D eigenvalue weighted by atomic mass is 10.0. The largest absolute Gasteiger partial charge is 0.870 e. The first-order valence-corrected chi connectivity index (χ1v) is 17.5. The fraction of sp³-hybridized carbons (Fsp3) is 0.361. The molecule has 266 valence electrons. The van der Waals surface area contributed by atoms with Gasteiger partial charge < -0.3 is 29.3 Å². The molecule has 4 atom stereocenters. The molecular formula is C36H38Cl2FN3O7S. The summed E-state index contributed by atoms with van der Waals surface area (Å²) < 4.78 is 38.0. The lowest BCUT2D eigenvalue weighted by molar-refractivity contribution is -0.377. The van der Waals surface area contributed by atoms with Crippen molar-refractivity contribution >= 4 is 52.3 Å². The maximum absolute atomic E-state index is 15.1. The number of fused-ring (bicyclic) bond motifs is 2. The van der Waals surface area contributed by atoms with E-state index in [0.717, 1.165) is 37.0 Å². The van der Waals surface area contributed by atoms with E-state index in [1.165, 1.54) is 25.2 Å². The van der Waals surface area contributed by atoms with Crippen LogP contribution in [0.15, 0.2) is 67.0 Å². The van der Waals surface area contributed by atoms with E-state index in [4.69, 9.17) is 42.1 Å². The number of anilines is 1. The van der Waals surface area contributed by atoms with Crippen molar-refractivity contribution in [3.8, 4) is 11.5 Å². The Balaban J connectivity index is 0.00000486. The normalized spacial score (nSPS) is 18.9. The Hall–Kier alpha value is -3.94. The molecule has 1 amide bonds. The van der Waals surface area contributed by atoms with Crippen molar-refractivity contribution in [2.45, 2.75) is 62.9 Å². The second kappa shape index (κ2) is 16.4. The van der Waals surface area contributed by atoms with Gasteiger partial charge in [-0.3, -0.25) is 4.90 Å². The minimum absolute atomic E-state index is 0. The quantitative estimate of drug-likeness (QED) is 0.143. The molecule has 4 aromatic rings. The van der Waals surface area contributed by atoms with Crippen molar-refractivity contribution in [3.05, 3.63) is 104 Å². The third-order valence-electron chi connectivity index (χ3n) is 9.28. The van der Waals surface area contributed by atoms with Crippen LogP contribution in [0, 0.1) is 5.82 Å². The number of nitrogens with one attached hydrogen (secondary N) is 1. The molecule has 2 N–H and O–H groups in total. The number of hydrogen-bond donors (Lipinski definition) is 0. The summed E-state index contributed by atoms with van der Waals surface area (Å²) in [6, 6.07) is 15.4. The lowest BCUT2D eigenvalue weighted by Crippen LogP contribution is -2.45. The second-order valence-corrected chi connectivity index (χ2v) is 14.2. The van der Waals surface area contributed by atoms with Gasteiger partial charge in [0.15, 0.2) is 23.9 Å². The Morgan fingerprint density at radius 1 is 1.00 bits per heavy atom. The van der Waals surface area contributed by atoms with Crippen LogP contribution in [0.5, 0.6) is 11.5 Å². The zero-order valence-electron chi connectivity index (χ0n) is 27.7. The third kappa shape index (κ3) is 8.16. The maximum Gasteiger partial charge on any atom is 0.414 e. The second-order valence-electron chi connectivity index (χ2n) is 12.2. The summed E-state index contributed by atoms with van der Waals surface area (Å²) in [7, 11) is 5.18. The van der Waals surface area contributed by atoms with Crippen LogP contribution < -0.4 is 19.4 Å². The lowest BCUT2D eigenvalue weighted by Gasteiger charge is -2.36. The van der Waals surface area contributed by atoms with Gasteiger partial charge in [-0.25, -0.2) is 19.0 Å². The highest BCUT2D eigenvalue weighted by molar-refractivity contribution is 7.14. The number of methoxy groups -OCH3 is 2. The molecule has 10 nitrogen and oxygen atoms in total. The zero-order valence-corrected chi connectivity index (χ0v) is 30.1. The smallest absolute Gasteiger partial charge is 0.414 e. The van der Waals surface area contributed by atoms with Gasteiger partial charge in [0, 0.05) is 41.8 Å². The number of ether oxygens (including phenoxy) is 4. The van der Waals surface area contributed by atoms with Crippen LogP contribution in [-0.2, 0) is 22.4 Å². The highest BCUT2D eigenvalue weighted by Crippen LogP contribution is 2.38. The molecule has 2 saturated heterocycles. The molecule has 2 aromatic carbocycles. The van der Waals surface area contributed by atoms with Crippen molar-refractivity contribution in [2.24, 2.45) is 0 Å². The highest BCUT2D eigenvalue weighted by Gasteiger charge is 2.40. The van der Waals surface area contributed by atoms with E-state index in [0.29, 0.717) is 54.5 Å². The number of pyridine rings is 1. The fourth-order valence-electron chi connectivity index (χ4n) is 6.64. The van der Waals surface area contributed by atoms with Crippen molar-refractivity contribution in [2.75, 3.05) is 26.2 Å². The number of esters is 1. The predicted molar refractivity (Wildman–Crippen MR) is 187 cm³/mol. The van der Waals surface area contributed by atoms with Crippen LogP contribution in [0.1, 0.15) is 57.5 Å². The number of para-hydroxylation sites is 1. The number of aromatic nitrogens is 1. The predicted octanol–water partition coefficient (Wildman–Crippen LogP) is 7.76. The molecule has 0 aliphatic carbocycles. The molecule has 6 rings (SSSR count). The summed E-state index contributed by atoms with van der Waals surface area (Å²) in [5, 5.41) is 0.779. The number of carbonyl (C=O) groups is 2. The minimum atomic E-state index is -0.801. The van der Waals surface area contributed by atoms with E-state index in [1.807, 2.05) is 0 Å². The number of thiophene rings is 1. The van der Waals surface area contributed by atoms with Gasteiger partial charge in [-0.15, -0.1) is 11.3 Å². The number of amides is 1. The summed E-state index contributed by atoms with van der Waals surface area (Å²) in [5.41, 5.74) is 1.33. The molecule has 0 saturated carbocycles. The topological polar surface area (TPSA) is 122 Å². The van der Waals surface area contributed by atoms with Gasteiger partial charge in [0.2, 0.25) is 0 Å². The average Bonchev–Trinajstić information content (AvgIpc) is 3.64. The van der Waals surface area contributed by atoms with E-state index >= 15 is 4.39 Å². The van der Waals surface area contributed by atoms with Crippen LogP contribution in [0.4, 0.5) is 14.9 Å². The van der Waals surface area contributed by atoms with E-state index in [-0.39, 0.29) is 30.2 Å². The van der Waals surface area contributed by atoms with E-state index in [2.05, 4.69) is 16.9 Å². The molecular weight excluding hydrogens is 708 g/mol. The molecule has 50 heavy (non-hydrogen) atoms. The summed E-state index contributed by atoms with van der Waals surface area (Å²) in [4.78, 5) is 34.8. The fourth-order valence-corrected chi connectivity index (χ4v) is 8.05. The molecule has 14 heteroatoms. The van der Waals surface area contributed by atoms with Gasteiger partial charge in [-0.1, -0.05) is 41.4 Å². The molecule has 2 aliphatic rings. The Morgan fingerprint density at radius 3 is 2.34 bits per heavy atom. The number of aromatic amines is 1. The maximum atomic E-state index is 15.1. The standard InChI is InChI=1S/C36H36Cl2FN3O6S.H2O/c1-41-22-9-10-23(41)16-24(15-22)47-36(44)42(30-7-5-4-6-29(30)39)20-25-11-13-34(49-25)35(43)48-32(17-26-27(37)18-40-19-28(26)38)21-8-12-31(45-2)33(14-21)46-3;/h4-8,11-14,18-19,22-24,32H,9-10,15-17,20H2,1-3H3;1H2/t22-,23+,24?,32-;/m0./s1. The van der Waals surface area contributed by atoms with Crippen LogP contribution in [0.3, 0.4) is 0 Å². The van der Waals surface area contributed by atoms with Crippen molar-refractivity contribution < 1.29 is 43.4 Å². The van der Waals surface area contributed by atoms with Crippen LogP contribution in [0.2, 0.25) is 10.0 Å². The summed E-state index contributed by atoms with van der Waals surface area (Å²) in [6.45, 7) is 0.00202. The Bertz CT molecular complexity index is 1790. The zero-order chi connectivity index (χ0) is 34.7. The van der Waals surface area contributed by atoms with Crippen LogP contribution >= 0.6 is 34.5 Å². The number of hydrogen-bond acceptors (Lipinski definition) is 9. The molecule has 2 bridgehead atoms. The van der Waals surface area contributed by atoms with Gasteiger partial charge >= 0.3 is 12.1 Å². The Labute approximate surface area is 303 Å². The number of benzene rings is 2. The van der Waals surface area contributed by atoms with Crippen molar-refractivity contribution in [1.29, 1.82) is 0 Å². The number of rotatable bonds is 11. The first-order chi connectivity index (χ1) is 23.6. The molecule has 2 aliphatic heterocycles. The first kappa shape index (κ1) is 37.3. The summed E-state index contributed by atoms with van der Waals surface area (Å²) >= 11 is 14.1. The van der Waals surface area contributed by atoms with Crippen molar-refractivity contribution in [3.63, 3.8) is 0 Å². The van der Waals surface area contributed by atoms with Gasteiger partial charge in [-0.2, -0.15) is 0 Å². The molecule has 0 spiro atoms. The Morgan fingerprint density at radius 2 is 1.68 bits per heavy atom. The SMILES string of the molecule is COc1ccc([C@H](Cc2c(Cl)c[nH+]cc2Cl)OC(=O)c2ccc(CN(C(=O)OC3C[C@H]4CC[C@@H](C3)N4C)c3ccccc3F)s2)cc1OC.[OH-]. The number of piperidine rings is 1. The Kier molecular flexibility index (Phi) is 12.2. The summed E-state index contributed by atoms with van der Waals surface area (Å²) in [5.74, 6) is -0.156. The third-order valence-corrected chi connectivity index (χ3v) is 11.0. The van der Waals surface area contributed by atoms with Crippen LogP contribution in [-0.4, -0.2) is 61.9 Å². The number of halogens is 3. The molecule has 1 unspecified atom stereocenters. The van der Waals surface area contributed by atoms with Gasteiger partial charge in [0.25, 0.3) is 0 Å². The van der Waals surface area contributed by atoms with E-state index < -0.39 is 24.0 Å². The van der Waals surface area contributed by atoms with Gasteiger partial charge in [0.1, 0.15) is 32.9 Å². The molecule has 0 radical (unpaired) electrons. The number of nitrogens with zero attached hydrogens (tertiary/aromatic N) is 2. The average molecular weight is 747 g/mol. The van der Waals surface area contributed by atoms with E-state index in [9.17, 15) is 9.59 Å². The first-order valence-electron chi connectivity index (χ1n) is 15.9. The van der Waals surface area contributed by atoms with Gasteiger partial charge in [0.05, 0.1) is 26.5 Å². The molecule has 4 heterocycles. The summed E-state index contributed by atoms with van der Waals surface area (Å²) in [6.07, 6.45) is 5.36. The highest BCUT2D eigenvalue weighted by atomic mass is 35.5. The monoisotopic (exact) mass is 745 g/mol.